The zero-order valence-corrected chi connectivity index (χ0v) is 12.1. The minimum Gasteiger partial charge on any atom is -0.366 e. The van der Waals surface area contributed by atoms with E-state index in [0.29, 0.717) is 11.8 Å². The summed E-state index contributed by atoms with van der Waals surface area (Å²) in [4.78, 5) is 2.51. The van der Waals surface area contributed by atoms with Gasteiger partial charge in [-0.15, -0.1) is 0 Å². The molecule has 2 nitrogen and oxygen atoms in total. The second-order valence-corrected chi connectivity index (χ2v) is 6.27. The third-order valence-electron chi connectivity index (χ3n) is 4.55. The summed E-state index contributed by atoms with van der Waals surface area (Å²) in [5.41, 5.74) is 8.80. The van der Waals surface area contributed by atoms with Crippen molar-refractivity contribution in [1.82, 2.24) is 0 Å². The maximum atomic E-state index is 5.89. The van der Waals surface area contributed by atoms with Crippen molar-refractivity contribution >= 4 is 5.69 Å². The van der Waals surface area contributed by atoms with Gasteiger partial charge in [0.25, 0.3) is 0 Å². The summed E-state index contributed by atoms with van der Waals surface area (Å²) in [5.74, 6) is 1.20. The first kappa shape index (κ1) is 13.4. The maximum absolute atomic E-state index is 5.89. The second kappa shape index (κ2) is 4.93. The van der Waals surface area contributed by atoms with E-state index in [9.17, 15) is 0 Å². The van der Waals surface area contributed by atoms with Crippen LogP contribution in [0.3, 0.4) is 0 Å². The van der Waals surface area contributed by atoms with Crippen LogP contribution >= 0.6 is 0 Å². The van der Waals surface area contributed by atoms with Crippen LogP contribution in [0.15, 0.2) is 24.3 Å². The van der Waals surface area contributed by atoms with Gasteiger partial charge >= 0.3 is 0 Å². The van der Waals surface area contributed by atoms with Crippen molar-refractivity contribution in [2.45, 2.75) is 45.6 Å². The van der Waals surface area contributed by atoms with Crippen LogP contribution in [0, 0.1) is 5.92 Å². The van der Waals surface area contributed by atoms with Gasteiger partial charge in [-0.1, -0.05) is 26.0 Å². The lowest BCUT2D eigenvalue weighted by Gasteiger charge is -2.37. The zero-order chi connectivity index (χ0) is 13.3. The minimum absolute atomic E-state index is 0.175. The third kappa shape index (κ3) is 2.26. The number of anilines is 1. The first-order valence-electron chi connectivity index (χ1n) is 7.04. The fourth-order valence-electron chi connectivity index (χ4n) is 3.05. The molecule has 2 rings (SSSR count). The van der Waals surface area contributed by atoms with Crippen LogP contribution < -0.4 is 10.6 Å². The monoisotopic (exact) mass is 246 g/mol. The Bertz CT molecular complexity index is 392. The molecule has 0 radical (unpaired) electrons. The molecule has 0 saturated carbocycles. The highest BCUT2D eigenvalue weighted by Gasteiger charge is 2.40. The van der Waals surface area contributed by atoms with E-state index in [1.165, 1.54) is 17.7 Å². The van der Waals surface area contributed by atoms with Crippen LogP contribution in [0.1, 0.15) is 45.6 Å². The van der Waals surface area contributed by atoms with Crippen molar-refractivity contribution in [2.24, 2.45) is 11.7 Å². The lowest BCUT2D eigenvalue weighted by atomic mass is 9.88. The first-order valence-corrected chi connectivity index (χ1v) is 7.04. The minimum atomic E-state index is 0.175. The highest BCUT2D eigenvalue weighted by Crippen LogP contribution is 2.37. The Hall–Kier alpha value is -1.02. The van der Waals surface area contributed by atoms with E-state index in [4.69, 9.17) is 5.73 Å². The van der Waals surface area contributed by atoms with E-state index in [0.717, 1.165) is 13.1 Å². The Morgan fingerprint density at radius 3 is 2.33 bits per heavy atom. The van der Waals surface area contributed by atoms with Gasteiger partial charge < -0.3 is 10.6 Å². The van der Waals surface area contributed by atoms with Gasteiger partial charge in [-0.3, -0.25) is 0 Å². The van der Waals surface area contributed by atoms with E-state index in [1.807, 2.05) is 0 Å². The molecule has 1 atom stereocenters. The van der Waals surface area contributed by atoms with E-state index in [2.05, 4.69) is 56.9 Å². The van der Waals surface area contributed by atoms with Crippen molar-refractivity contribution in [2.75, 3.05) is 18.0 Å². The molecule has 1 aromatic rings. The Balaban J connectivity index is 2.22. The number of hydrogen-bond donors (Lipinski definition) is 1. The molecule has 1 aliphatic rings. The first-order chi connectivity index (χ1) is 8.46. The normalized spacial score (nSPS) is 22.8. The number of nitrogens with zero attached hydrogens (tertiary/aromatic N) is 1. The molecule has 0 aromatic heterocycles. The lowest BCUT2D eigenvalue weighted by molar-refractivity contribution is 0.374. The topological polar surface area (TPSA) is 29.3 Å². The molecule has 0 amide bonds. The molecule has 18 heavy (non-hydrogen) atoms. The molecular weight excluding hydrogens is 220 g/mol. The summed E-state index contributed by atoms with van der Waals surface area (Å²) in [6.45, 7) is 11.0. The molecule has 1 aliphatic heterocycles. The average Bonchev–Trinajstić information content (AvgIpc) is 2.64. The van der Waals surface area contributed by atoms with Gasteiger partial charge in [-0.2, -0.15) is 0 Å². The highest BCUT2D eigenvalue weighted by atomic mass is 15.2. The standard InChI is InChI=1S/C16H26N2/c1-12(2)13-5-7-15(8-6-13)18-10-9-14(11-17)16(18,3)4/h5-8,12,14H,9-11,17H2,1-4H3. The number of rotatable bonds is 3. The Kier molecular flexibility index (Phi) is 3.67. The number of benzene rings is 1. The van der Waals surface area contributed by atoms with Crippen molar-refractivity contribution in [3.05, 3.63) is 29.8 Å². The fourth-order valence-corrected chi connectivity index (χ4v) is 3.05. The zero-order valence-electron chi connectivity index (χ0n) is 12.1. The molecule has 1 fully saturated rings. The number of hydrogen-bond acceptors (Lipinski definition) is 2. The summed E-state index contributed by atoms with van der Waals surface area (Å²) in [7, 11) is 0. The van der Waals surface area contributed by atoms with Gasteiger partial charge in [0.05, 0.1) is 0 Å². The Morgan fingerprint density at radius 1 is 1.28 bits per heavy atom. The Labute approximate surface area is 111 Å². The van der Waals surface area contributed by atoms with Gasteiger partial charge in [0.15, 0.2) is 0 Å². The van der Waals surface area contributed by atoms with Crippen LogP contribution in [0.25, 0.3) is 0 Å². The van der Waals surface area contributed by atoms with Gasteiger partial charge in [0.2, 0.25) is 0 Å². The third-order valence-corrected chi connectivity index (χ3v) is 4.55. The maximum Gasteiger partial charge on any atom is 0.0386 e. The molecule has 100 valence electrons. The Morgan fingerprint density at radius 2 is 1.89 bits per heavy atom. The summed E-state index contributed by atoms with van der Waals surface area (Å²) in [6, 6.07) is 9.03. The van der Waals surface area contributed by atoms with Gasteiger partial charge in [0, 0.05) is 17.8 Å². The van der Waals surface area contributed by atoms with Crippen LogP contribution in [-0.2, 0) is 0 Å². The average molecular weight is 246 g/mol. The predicted molar refractivity (Wildman–Crippen MR) is 79.1 cm³/mol. The van der Waals surface area contributed by atoms with Crippen LogP contribution in [0.5, 0.6) is 0 Å². The van der Waals surface area contributed by atoms with E-state index in [1.54, 1.807) is 0 Å². The van der Waals surface area contributed by atoms with Crippen molar-refractivity contribution < 1.29 is 0 Å². The quantitative estimate of drug-likeness (QED) is 0.886. The molecule has 2 heteroatoms. The summed E-state index contributed by atoms with van der Waals surface area (Å²) in [6.07, 6.45) is 1.20. The largest absolute Gasteiger partial charge is 0.366 e. The lowest BCUT2D eigenvalue weighted by Crippen LogP contribution is -2.44. The van der Waals surface area contributed by atoms with E-state index < -0.39 is 0 Å². The van der Waals surface area contributed by atoms with Crippen LogP contribution in [0.2, 0.25) is 0 Å². The predicted octanol–water partition coefficient (Wildman–Crippen LogP) is 3.37. The smallest absolute Gasteiger partial charge is 0.0386 e. The summed E-state index contributed by atoms with van der Waals surface area (Å²) >= 11 is 0. The van der Waals surface area contributed by atoms with E-state index >= 15 is 0 Å². The molecule has 1 saturated heterocycles. The SMILES string of the molecule is CC(C)c1ccc(N2CCC(CN)C2(C)C)cc1. The fraction of sp³-hybridized carbons (Fsp3) is 0.625. The summed E-state index contributed by atoms with van der Waals surface area (Å²) < 4.78 is 0. The van der Waals surface area contributed by atoms with Gasteiger partial charge in [-0.25, -0.2) is 0 Å². The molecule has 0 bridgehead atoms. The molecule has 1 unspecified atom stereocenters. The van der Waals surface area contributed by atoms with Crippen LogP contribution in [0.4, 0.5) is 5.69 Å². The highest BCUT2D eigenvalue weighted by molar-refractivity contribution is 5.51. The van der Waals surface area contributed by atoms with Gasteiger partial charge in [-0.05, 0) is 56.3 Å². The van der Waals surface area contributed by atoms with Crippen molar-refractivity contribution in [3.8, 4) is 0 Å². The van der Waals surface area contributed by atoms with Crippen LogP contribution in [-0.4, -0.2) is 18.6 Å². The van der Waals surface area contributed by atoms with Crippen molar-refractivity contribution in [3.63, 3.8) is 0 Å². The molecular formula is C16H26N2. The summed E-state index contributed by atoms with van der Waals surface area (Å²) in [5, 5.41) is 0. The van der Waals surface area contributed by atoms with Gasteiger partial charge in [0.1, 0.15) is 0 Å². The van der Waals surface area contributed by atoms with E-state index in [-0.39, 0.29) is 5.54 Å². The van der Waals surface area contributed by atoms with Crippen molar-refractivity contribution in [1.29, 1.82) is 0 Å². The second-order valence-electron chi connectivity index (χ2n) is 6.27. The molecule has 0 spiro atoms. The molecule has 1 aromatic carbocycles. The molecule has 1 heterocycles. The number of nitrogens with two attached hydrogens (primary N) is 1. The molecule has 0 aliphatic carbocycles. The molecule has 2 N–H and O–H groups in total.